The fourth-order valence-electron chi connectivity index (χ4n) is 3.31. The lowest BCUT2D eigenvalue weighted by molar-refractivity contribution is 0.204. The zero-order valence-electron chi connectivity index (χ0n) is 12.9. The third kappa shape index (κ3) is 3.22. The Balaban J connectivity index is 1.34. The van der Waals surface area contributed by atoms with Crippen LogP contribution in [0, 0.1) is 0 Å². The molecule has 4 nitrogen and oxygen atoms in total. The van der Waals surface area contributed by atoms with Crippen LogP contribution in [0.15, 0.2) is 34.9 Å². The lowest BCUT2D eigenvalue weighted by Gasteiger charge is -2.31. The minimum Gasteiger partial charge on any atom is -0.339 e. The van der Waals surface area contributed by atoms with Gasteiger partial charge in [-0.05, 0) is 44.2 Å². The second-order valence-corrected chi connectivity index (χ2v) is 6.64. The highest BCUT2D eigenvalue weighted by Gasteiger charge is 2.32. The van der Waals surface area contributed by atoms with Gasteiger partial charge in [0.15, 0.2) is 5.82 Å². The zero-order valence-corrected chi connectivity index (χ0v) is 12.9. The Labute approximate surface area is 131 Å². The Kier molecular flexibility index (Phi) is 3.94. The van der Waals surface area contributed by atoms with Gasteiger partial charge in [-0.1, -0.05) is 35.5 Å². The molecule has 1 aliphatic carbocycles. The molecule has 1 saturated heterocycles. The summed E-state index contributed by atoms with van der Waals surface area (Å²) in [5.74, 6) is 2.81. The smallest absolute Gasteiger partial charge is 0.229 e. The summed E-state index contributed by atoms with van der Waals surface area (Å²) in [6.07, 6.45) is 5.97. The van der Waals surface area contributed by atoms with E-state index < -0.39 is 0 Å². The van der Waals surface area contributed by atoms with Crippen LogP contribution in [-0.4, -0.2) is 34.7 Å². The quantitative estimate of drug-likeness (QED) is 0.848. The van der Waals surface area contributed by atoms with E-state index in [4.69, 9.17) is 4.52 Å². The minimum absolute atomic E-state index is 0.445. The van der Waals surface area contributed by atoms with E-state index in [1.54, 1.807) is 0 Å². The molecular formula is C18H23N3O. The summed E-state index contributed by atoms with van der Waals surface area (Å²) in [7, 11) is 0. The maximum absolute atomic E-state index is 5.43. The van der Waals surface area contributed by atoms with E-state index in [0.717, 1.165) is 31.2 Å². The van der Waals surface area contributed by atoms with Crippen molar-refractivity contribution in [1.82, 2.24) is 15.0 Å². The van der Waals surface area contributed by atoms with Crippen LogP contribution in [-0.2, 0) is 6.42 Å². The van der Waals surface area contributed by atoms with Gasteiger partial charge in [-0.15, -0.1) is 0 Å². The molecule has 4 heteroatoms. The van der Waals surface area contributed by atoms with E-state index in [0.29, 0.717) is 11.8 Å². The van der Waals surface area contributed by atoms with Gasteiger partial charge in [0.2, 0.25) is 5.89 Å². The highest BCUT2D eigenvalue weighted by molar-refractivity contribution is 5.15. The van der Waals surface area contributed by atoms with E-state index in [9.17, 15) is 0 Å². The van der Waals surface area contributed by atoms with E-state index in [1.165, 1.54) is 37.8 Å². The van der Waals surface area contributed by atoms with Gasteiger partial charge in [-0.25, -0.2) is 0 Å². The van der Waals surface area contributed by atoms with E-state index in [2.05, 4.69) is 45.4 Å². The molecule has 1 aromatic carbocycles. The van der Waals surface area contributed by atoms with Crippen LogP contribution in [0.1, 0.15) is 54.8 Å². The molecule has 0 amide bonds. The van der Waals surface area contributed by atoms with Gasteiger partial charge < -0.3 is 9.42 Å². The van der Waals surface area contributed by atoms with Gasteiger partial charge >= 0.3 is 0 Å². The van der Waals surface area contributed by atoms with Gasteiger partial charge in [0.1, 0.15) is 0 Å². The Morgan fingerprint density at radius 2 is 1.95 bits per heavy atom. The summed E-state index contributed by atoms with van der Waals surface area (Å²) < 4.78 is 5.43. The molecule has 0 spiro atoms. The second-order valence-electron chi connectivity index (χ2n) is 6.64. The van der Waals surface area contributed by atoms with Gasteiger partial charge in [0, 0.05) is 24.9 Å². The predicted molar refractivity (Wildman–Crippen MR) is 84.8 cm³/mol. The third-order valence-corrected chi connectivity index (χ3v) is 4.81. The van der Waals surface area contributed by atoms with Crippen LogP contribution in [0.2, 0.25) is 0 Å². The number of benzene rings is 1. The van der Waals surface area contributed by atoms with Crippen LogP contribution in [0.4, 0.5) is 0 Å². The Hall–Kier alpha value is -1.68. The van der Waals surface area contributed by atoms with Gasteiger partial charge in [0.25, 0.3) is 0 Å². The fraction of sp³-hybridized carbons (Fsp3) is 0.556. The molecule has 2 aliphatic rings. The molecule has 1 aliphatic heterocycles. The standard InChI is InChI=1S/C18H23N3O/c1-2-5-14(6-3-1)10-12-21-11-4-7-16(13-21)17-19-18(22-20-17)15-8-9-15/h1-3,5-6,15-16H,4,7-13H2. The highest BCUT2D eigenvalue weighted by Crippen LogP contribution is 2.39. The van der Waals surface area contributed by atoms with Crippen molar-refractivity contribution in [3.8, 4) is 0 Å². The van der Waals surface area contributed by atoms with E-state index in [-0.39, 0.29) is 0 Å². The first-order chi connectivity index (χ1) is 10.9. The molecule has 0 radical (unpaired) electrons. The SMILES string of the molecule is c1ccc(CCN2CCCC(c3noc(C4CC4)n3)C2)cc1. The number of aromatic nitrogens is 2. The molecule has 1 aromatic heterocycles. The molecule has 2 heterocycles. The first kappa shape index (κ1) is 13.9. The summed E-state index contributed by atoms with van der Waals surface area (Å²) in [5, 5.41) is 4.24. The molecule has 2 aromatic rings. The van der Waals surface area contributed by atoms with Gasteiger partial charge in [-0.3, -0.25) is 0 Å². The first-order valence-electron chi connectivity index (χ1n) is 8.48. The van der Waals surface area contributed by atoms with Crippen molar-refractivity contribution in [2.45, 2.75) is 43.9 Å². The molecule has 0 bridgehead atoms. The summed E-state index contributed by atoms with van der Waals surface area (Å²) >= 11 is 0. The molecule has 0 N–H and O–H groups in total. The molecule has 22 heavy (non-hydrogen) atoms. The second kappa shape index (κ2) is 6.21. The van der Waals surface area contributed by atoms with Crippen molar-refractivity contribution in [3.63, 3.8) is 0 Å². The zero-order chi connectivity index (χ0) is 14.8. The topological polar surface area (TPSA) is 42.2 Å². The average Bonchev–Trinajstić information content (AvgIpc) is 3.31. The summed E-state index contributed by atoms with van der Waals surface area (Å²) in [6.45, 7) is 3.38. The number of likely N-dealkylation sites (tertiary alicyclic amines) is 1. The predicted octanol–water partition coefficient (Wildman–Crippen LogP) is 3.37. The van der Waals surface area contributed by atoms with Crippen LogP contribution in [0.25, 0.3) is 0 Å². The van der Waals surface area contributed by atoms with Crippen LogP contribution in [0.3, 0.4) is 0 Å². The molecule has 116 valence electrons. The molecular weight excluding hydrogens is 274 g/mol. The molecule has 2 fully saturated rings. The van der Waals surface area contributed by atoms with Crippen molar-refractivity contribution >= 4 is 0 Å². The fourth-order valence-corrected chi connectivity index (χ4v) is 3.31. The lowest BCUT2D eigenvalue weighted by atomic mass is 9.97. The molecule has 1 atom stereocenters. The number of piperidine rings is 1. The van der Waals surface area contributed by atoms with E-state index >= 15 is 0 Å². The summed E-state index contributed by atoms with van der Waals surface area (Å²) in [6, 6.07) is 10.7. The Morgan fingerprint density at radius 1 is 1.09 bits per heavy atom. The minimum atomic E-state index is 0.445. The van der Waals surface area contributed by atoms with Crippen molar-refractivity contribution in [3.05, 3.63) is 47.6 Å². The maximum Gasteiger partial charge on any atom is 0.229 e. The number of hydrogen-bond acceptors (Lipinski definition) is 4. The van der Waals surface area contributed by atoms with Crippen molar-refractivity contribution in [2.24, 2.45) is 0 Å². The monoisotopic (exact) mass is 297 g/mol. The van der Waals surface area contributed by atoms with Crippen LogP contribution in [0.5, 0.6) is 0 Å². The maximum atomic E-state index is 5.43. The van der Waals surface area contributed by atoms with Crippen LogP contribution < -0.4 is 0 Å². The molecule has 4 rings (SSSR count). The summed E-state index contributed by atoms with van der Waals surface area (Å²) in [4.78, 5) is 7.19. The van der Waals surface area contributed by atoms with Gasteiger partial charge in [0.05, 0.1) is 0 Å². The highest BCUT2D eigenvalue weighted by atomic mass is 16.5. The average molecular weight is 297 g/mol. The normalized spacial score (nSPS) is 22.8. The summed E-state index contributed by atoms with van der Waals surface area (Å²) in [5.41, 5.74) is 1.42. The van der Waals surface area contributed by atoms with Crippen molar-refractivity contribution in [1.29, 1.82) is 0 Å². The Bertz CT molecular complexity index is 606. The number of rotatable bonds is 5. The van der Waals surface area contributed by atoms with Crippen molar-refractivity contribution < 1.29 is 4.52 Å². The Morgan fingerprint density at radius 3 is 2.77 bits per heavy atom. The largest absolute Gasteiger partial charge is 0.339 e. The van der Waals surface area contributed by atoms with Crippen molar-refractivity contribution in [2.75, 3.05) is 19.6 Å². The van der Waals surface area contributed by atoms with E-state index in [1.807, 2.05) is 0 Å². The first-order valence-corrected chi connectivity index (χ1v) is 8.48. The van der Waals surface area contributed by atoms with Crippen LogP contribution >= 0.6 is 0 Å². The van der Waals surface area contributed by atoms with Gasteiger partial charge in [-0.2, -0.15) is 4.98 Å². The third-order valence-electron chi connectivity index (χ3n) is 4.81. The molecule has 1 unspecified atom stereocenters. The number of nitrogens with zero attached hydrogens (tertiary/aromatic N) is 3. The molecule has 1 saturated carbocycles. The number of hydrogen-bond donors (Lipinski definition) is 0. The lowest BCUT2D eigenvalue weighted by Crippen LogP contribution is -2.36.